The second kappa shape index (κ2) is 4.77. The maximum absolute atomic E-state index is 6.18. The van der Waals surface area contributed by atoms with Gasteiger partial charge in [0, 0.05) is 16.3 Å². The topological polar surface area (TPSA) is 26.0 Å². The minimum Gasteiger partial charge on any atom is -0.399 e. The molecule has 2 N–H and O–H groups in total. The summed E-state index contributed by atoms with van der Waals surface area (Å²) in [5.74, 6) is 0. The van der Waals surface area contributed by atoms with Crippen molar-refractivity contribution in [3.8, 4) is 11.1 Å². The van der Waals surface area contributed by atoms with Crippen molar-refractivity contribution in [2.45, 2.75) is 6.92 Å². The van der Waals surface area contributed by atoms with E-state index in [1.165, 1.54) is 0 Å². The van der Waals surface area contributed by atoms with Crippen LogP contribution in [0.25, 0.3) is 11.1 Å². The molecule has 2 rings (SSSR count). The van der Waals surface area contributed by atoms with Crippen molar-refractivity contribution in [3.63, 3.8) is 0 Å². The zero-order chi connectivity index (χ0) is 12.6. The van der Waals surface area contributed by atoms with Gasteiger partial charge in [-0.25, -0.2) is 0 Å². The van der Waals surface area contributed by atoms with E-state index >= 15 is 0 Å². The maximum atomic E-state index is 6.18. The molecule has 0 bridgehead atoms. The molecule has 0 saturated carbocycles. The lowest BCUT2D eigenvalue weighted by molar-refractivity contribution is 1.46. The van der Waals surface area contributed by atoms with Crippen molar-refractivity contribution >= 4 is 40.5 Å². The fourth-order valence-corrected chi connectivity index (χ4v) is 2.79. The predicted molar refractivity (Wildman–Crippen MR) is 76.1 cm³/mol. The summed E-state index contributed by atoms with van der Waals surface area (Å²) in [5.41, 5.74) is 9.21. The molecule has 17 heavy (non-hydrogen) atoms. The van der Waals surface area contributed by atoms with E-state index in [0.29, 0.717) is 20.8 Å². The van der Waals surface area contributed by atoms with Crippen LogP contribution in [0.15, 0.2) is 30.3 Å². The van der Waals surface area contributed by atoms with Crippen molar-refractivity contribution < 1.29 is 0 Å². The molecular weight excluding hydrogens is 277 g/mol. The highest BCUT2D eigenvalue weighted by atomic mass is 35.5. The highest BCUT2D eigenvalue weighted by Crippen LogP contribution is 2.38. The summed E-state index contributed by atoms with van der Waals surface area (Å²) in [6.45, 7) is 1.97. The molecule has 88 valence electrons. The van der Waals surface area contributed by atoms with Gasteiger partial charge in [0.15, 0.2) is 0 Å². The van der Waals surface area contributed by atoms with E-state index in [1.807, 2.05) is 25.1 Å². The molecule has 0 heterocycles. The number of aryl methyl sites for hydroxylation is 1. The molecule has 0 atom stereocenters. The highest BCUT2D eigenvalue weighted by molar-refractivity contribution is 6.41. The van der Waals surface area contributed by atoms with E-state index < -0.39 is 0 Å². The Balaban J connectivity index is 2.68. The van der Waals surface area contributed by atoms with Crippen molar-refractivity contribution in [2.75, 3.05) is 5.73 Å². The van der Waals surface area contributed by atoms with Crippen LogP contribution in [-0.2, 0) is 0 Å². The van der Waals surface area contributed by atoms with Crippen molar-refractivity contribution in [3.05, 3.63) is 51.0 Å². The molecule has 1 nitrogen and oxygen atoms in total. The molecule has 0 aromatic heterocycles. The normalized spacial score (nSPS) is 10.6. The Morgan fingerprint density at radius 1 is 0.941 bits per heavy atom. The quantitative estimate of drug-likeness (QED) is 0.716. The maximum Gasteiger partial charge on any atom is 0.0514 e. The van der Waals surface area contributed by atoms with Crippen LogP contribution in [-0.4, -0.2) is 0 Å². The van der Waals surface area contributed by atoms with E-state index in [9.17, 15) is 0 Å². The van der Waals surface area contributed by atoms with E-state index in [4.69, 9.17) is 40.5 Å². The predicted octanol–water partition coefficient (Wildman–Crippen LogP) is 5.20. The number of hydrogen-bond donors (Lipinski definition) is 1. The fourth-order valence-electron chi connectivity index (χ4n) is 1.77. The van der Waals surface area contributed by atoms with E-state index in [2.05, 4.69) is 0 Å². The molecule has 0 aliphatic rings. The summed E-state index contributed by atoms with van der Waals surface area (Å²) in [7, 11) is 0. The zero-order valence-corrected chi connectivity index (χ0v) is 11.4. The van der Waals surface area contributed by atoms with Crippen LogP contribution >= 0.6 is 34.8 Å². The molecule has 0 saturated heterocycles. The van der Waals surface area contributed by atoms with E-state index in [0.717, 1.165) is 16.7 Å². The average molecular weight is 287 g/mol. The van der Waals surface area contributed by atoms with Gasteiger partial charge in [0.2, 0.25) is 0 Å². The Labute approximate surface area is 115 Å². The number of anilines is 1. The lowest BCUT2D eigenvalue weighted by Crippen LogP contribution is -1.90. The summed E-state index contributed by atoms with van der Waals surface area (Å²) in [6.07, 6.45) is 0. The second-order valence-corrected chi connectivity index (χ2v) is 5.07. The Morgan fingerprint density at radius 3 is 2.06 bits per heavy atom. The number of hydrogen-bond acceptors (Lipinski definition) is 1. The minimum absolute atomic E-state index is 0.525. The molecule has 0 aliphatic heterocycles. The molecule has 2 aromatic carbocycles. The molecule has 2 aromatic rings. The Hall–Kier alpha value is -0.890. The first-order valence-corrected chi connectivity index (χ1v) is 6.13. The third kappa shape index (κ3) is 2.52. The van der Waals surface area contributed by atoms with Gasteiger partial charge in [-0.15, -0.1) is 0 Å². The smallest absolute Gasteiger partial charge is 0.0514 e. The zero-order valence-electron chi connectivity index (χ0n) is 9.10. The first-order chi connectivity index (χ1) is 7.99. The van der Waals surface area contributed by atoms with Gasteiger partial charge < -0.3 is 5.73 Å². The van der Waals surface area contributed by atoms with Gasteiger partial charge in [0.25, 0.3) is 0 Å². The van der Waals surface area contributed by atoms with Crippen LogP contribution < -0.4 is 5.73 Å². The minimum atomic E-state index is 0.525. The number of benzene rings is 2. The first kappa shape index (κ1) is 12.6. The molecule has 0 amide bonds. The summed E-state index contributed by atoms with van der Waals surface area (Å²) >= 11 is 18.2. The summed E-state index contributed by atoms with van der Waals surface area (Å²) in [6, 6.07) is 8.98. The lowest BCUT2D eigenvalue weighted by Gasteiger charge is -2.11. The molecule has 0 unspecified atom stereocenters. The first-order valence-electron chi connectivity index (χ1n) is 5.00. The second-order valence-electron chi connectivity index (χ2n) is 3.82. The van der Waals surface area contributed by atoms with Crippen LogP contribution in [0.1, 0.15) is 5.56 Å². The molecule has 0 spiro atoms. The van der Waals surface area contributed by atoms with Gasteiger partial charge in [-0.05, 0) is 42.3 Å². The van der Waals surface area contributed by atoms with Crippen LogP contribution in [0.5, 0.6) is 0 Å². The van der Waals surface area contributed by atoms with Gasteiger partial charge >= 0.3 is 0 Å². The number of nitrogen functional groups attached to an aromatic ring is 1. The van der Waals surface area contributed by atoms with Crippen molar-refractivity contribution in [1.82, 2.24) is 0 Å². The van der Waals surface area contributed by atoms with Crippen molar-refractivity contribution in [2.24, 2.45) is 0 Å². The number of rotatable bonds is 1. The van der Waals surface area contributed by atoms with Crippen LogP contribution in [0.3, 0.4) is 0 Å². The van der Waals surface area contributed by atoms with Gasteiger partial charge in [-0.1, -0.05) is 40.9 Å². The summed E-state index contributed by atoms with van der Waals surface area (Å²) in [5, 5.41) is 1.60. The molecule has 0 radical (unpaired) electrons. The molecule has 0 aliphatic carbocycles. The van der Waals surface area contributed by atoms with Crippen LogP contribution in [0.4, 0.5) is 5.69 Å². The summed E-state index contributed by atoms with van der Waals surface area (Å²) in [4.78, 5) is 0. The third-order valence-electron chi connectivity index (χ3n) is 2.53. The summed E-state index contributed by atoms with van der Waals surface area (Å²) < 4.78 is 0. The van der Waals surface area contributed by atoms with E-state index in [1.54, 1.807) is 12.1 Å². The van der Waals surface area contributed by atoms with E-state index in [-0.39, 0.29) is 0 Å². The highest BCUT2D eigenvalue weighted by Gasteiger charge is 2.12. The van der Waals surface area contributed by atoms with Crippen molar-refractivity contribution in [1.29, 1.82) is 0 Å². The fraction of sp³-hybridized carbons (Fsp3) is 0.0769. The van der Waals surface area contributed by atoms with Crippen LogP contribution in [0.2, 0.25) is 15.1 Å². The largest absolute Gasteiger partial charge is 0.399 e. The third-order valence-corrected chi connectivity index (χ3v) is 3.34. The number of nitrogens with two attached hydrogens (primary N) is 1. The van der Waals surface area contributed by atoms with Crippen LogP contribution in [0, 0.1) is 6.92 Å². The monoisotopic (exact) mass is 285 g/mol. The number of halogens is 3. The average Bonchev–Trinajstić information content (AvgIpc) is 2.19. The lowest BCUT2D eigenvalue weighted by atomic mass is 10.00. The standard InChI is InChI=1S/C13H10Cl3N/c1-7-4-9(17)2-3-10(7)13-11(15)5-8(14)6-12(13)16/h2-6H,17H2,1H3. The Kier molecular flexibility index (Phi) is 3.53. The SMILES string of the molecule is Cc1cc(N)ccc1-c1c(Cl)cc(Cl)cc1Cl. The van der Waals surface area contributed by atoms with Gasteiger partial charge in [-0.3, -0.25) is 0 Å². The Bertz CT molecular complexity index is 556. The Morgan fingerprint density at radius 2 is 1.53 bits per heavy atom. The molecule has 0 fully saturated rings. The van der Waals surface area contributed by atoms with Gasteiger partial charge in [-0.2, -0.15) is 0 Å². The molecule has 4 heteroatoms. The van der Waals surface area contributed by atoms with Gasteiger partial charge in [0.1, 0.15) is 0 Å². The van der Waals surface area contributed by atoms with Gasteiger partial charge in [0.05, 0.1) is 10.0 Å². The molecular formula is C13H10Cl3N.